The summed E-state index contributed by atoms with van der Waals surface area (Å²) >= 11 is 0. The van der Waals surface area contributed by atoms with Crippen molar-refractivity contribution < 1.29 is 10.2 Å². The second kappa shape index (κ2) is 5.62. The Balaban J connectivity index is 1.69. The number of phenolic OH excluding ortho intramolecular Hbond substituents is 1. The van der Waals surface area contributed by atoms with Crippen molar-refractivity contribution in [2.24, 2.45) is 11.8 Å². The zero-order valence-electron chi connectivity index (χ0n) is 13.1. The van der Waals surface area contributed by atoms with E-state index in [1.54, 1.807) is 24.4 Å². The van der Waals surface area contributed by atoms with Gasteiger partial charge in [-0.3, -0.25) is 9.88 Å². The number of benzene rings is 1. The van der Waals surface area contributed by atoms with Gasteiger partial charge >= 0.3 is 0 Å². The molecule has 1 aromatic heterocycles. The number of hydrogen-bond acceptors (Lipinski definition) is 4. The number of aliphatic hydroxyl groups excluding tert-OH is 1. The fourth-order valence-corrected chi connectivity index (χ4v) is 4.33. The lowest BCUT2D eigenvalue weighted by Crippen LogP contribution is -2.54. The molecule has 3 aliphatic rings. The molecule has 120 valence electrons. The molecule has 4 heteroatoms. The summed E-state index contributed by atoms with van der Waals surface area (Å²) in [6.07, 6.45) is 5.44. The van der Waals surface area contributed by atoms with E-state index in [1.165, 1.54) is 6.42 Å². The molecule has 3 fully saturated rings. The first-order chi connectivity index (χ1) is 11.2. The van der Waals surface area contributed by atoms with Crippen molar-refractivity contribution >= 4 is 10.9 Å². The fraction of sp³-hybridized carbons (Fsp3) is 0.421. The molecular weight excluding hydrogens is 288 g/mol. The van der Waals surface area contributed by atoms with E-state index in [2.05, 4.69) is 22.5 Å². The third-order valence-electron chi connectivity index (χ3n) is 5.60. The van der Waals surface area contributed by atoms with Crippen LogP contribution in [0.3, 0.4) is 0 Å². The number of aromatic hydroxyl groups is 1. The van der Waals surface area contributed by atoms with Gasteiger partial charge in [0, 0.05) is 24.2 Å². The third-order valence-corrected chi connectivity index (χ3v) is 5.60. The molecule has 2 N–H and O–H groups in total. The molecule has 3 saturated heterocycles. The zero-order valence-corrected chi connectivity index (χ0v) is 13.1. The van der Waals surface area contributed by atoms with Crippen molar-refractivity contribution in [3.8, 4) is 5.75 Å². The maximum Gasteiger partial charge on any atom is 0.116 e. The maximum absolute atomic E-state index is 11.0. The number of fused-ring (bicyclic) bond motifs is 4. The molecule has 2 aromatic rings. The number of phenols is 1. The molecule has 2 bridgehead atoms. The maximum atomic E-state index is 11.0. The molecule has 0 radical (unpaired) electrons. The monoisotopic (exact) mass is 310 g/mol. The van der Waals surface area contributed by atoms with Gasteiger partial charge in [-0.15, -0.1) is 6.58 Å². The Bertz CT molecular complexity index is 745. The Hall–Kier alpha value is -1.91. The Morgan fingerprint density at radius 1 is 1.35 bits per heavy atom. The number of nitrogens with zero attached hydrogens (tertiary/aromatic N) is 2. The molecule has 23 heavy (non-hydrogen) atoms. The average Bonchev–Trinajstić information content (AvgIpc) is 2.60. The first-order valence-corrected chi connectivity index (χ1v) is 8.29. The van der Waals surface area contributed by atoms with Crippen LogP contribution in [-0.4, -0.2) is 39.2 Å². The van der Waals surface area contributed by atoms with E-state index < -0.39 is 6.10 Å². The summed E-state index contributed by atoms with van der Waals surface area (Å²) in [4.78, 5) is 6.73. The van der Waals surface area contributed by atoms with Crippen LogP contribution in [0.5, 0.6) is 5.75 Å². The van der Waals surface area contributed by atoms with Crippen LogP contribution in [0.2, 0.25) is 0 Å². The van der Waals surface area contributed by atoms with Gasteiger partial charge in [-0.05, 0) is 61.1 Å². The first kappa shape index (κ1) is 14.7. The van der Waals surface area contributed by atoms with Crippen molar-refractivity contribution in [3.63, 3.8) is 0 Å². The molecule has 2 unspecified atom stereocenters. The minimum absolute atomic E-state index is 0.137. The van der Waals surface area contributed by atoms with Gasteiger partial charge in [0.15, 0.2) is 0 Å². The van der Waals surface area contributed by atoms with Gasteiger partial charge in [-0.25, -0.2) is 0 Å². The van der Waals surface area contributed by atoms with E-state index in [0.717, 1.165) is 36.0 Å². The summed E-state index contributed by atoms with van der Waals surface area (Å²) in [5, 5.41) is 21.7. The molecule has 4 nitrogen and oxygen atoms in total. The van der Waals surface area contributed by atoms with Crippen LogP contribution in [0, 0.1) is 11.8 Å². The summed E-state index contributed by atoms with van der Waals surface area (Å²) in [5.74, 6) is 1.38. The average molecular weight is 310 g/mol. The fourth-order valence-electron chi connectivity index (χ4n) is 4.33. The second-order valence-corrected chi connectivity index (χ2v) is 6.79. The first-order valence-electron chi connectivity index (χ1n) is 8.29. The number of piperidine rings is 3. The summed E-state index contributed by atoms with van der Waals surface area (Å²) in [6, 6.07) is 7.14. The van der Waals surface area contributed by atoms with Crippen molar-refractivity contribution in [2.45, 2.75) is 25.0 Å². The lowest BCUT2D eigenvalue weighted by molar-refractivity contribution is -0.0444. The predicted octanol–water partition coefficient (Wildman–Crippen LogP) is 2.87. The number of aromatic nitrogens is 1. The van der Waals surface area contributed by atoms with Gasteiger partial charge < -0.3 is 10.2 Å². The minimum atomic E-state index is -0.559. The van der Waals surface area contributed by atoms with E-state index in [-0.39, 0.29) is 11.8 Å². The van der Waals surface area contributed by atoms with E-state index in [4.69, 9.17) is 0 Å². The summed E-state index contributed by atoms with van der Waals surface area (Å²) < 4.78 is 0. The second-order valence-electron chi connectivity index (χ2n) is 6.79. The lowest BCUT2D eigenvalue weighted by Gasteiger charge is -2.50. The highest BCUT2D eigenvalue weighted by atomic mass is 16.3. The van der Waals surface area contributed by atoms with Crippen LogP contribution < -0.4 is 0 Å². The Morgan fingerprint density at radius 3 is 2.96 bits per heavy atom. The normalized spacial score (nSPS) is 31.2. The highest BCUT2D eigenvalue weighted by molar-refractivity contribution is 5.83. The van der Waals surface area contributed by atoms with Crippen molar-refractivity contribution in [1.29, 1.82) is 0 Å². The molecular formula is C19H22N2O2. The Morgan fingerprint density at radius 2 is 2.22 bits per heavy atom. The van der Waals surface area contributed by atoms with Gasteiger partial charge in [0.1, 0.15) is 5.75 Å². The standard InChI is InChI=1S/C19H22N2O2/c1-2-12-11-21-8-6-13(12)9-18(21)19(23)15-5-7-20-17-4-3-14(22)10-16(15)17/h2-5,7,10,12-13,18-19,22-23H,1,6,8-9,11H2/t12-,13?,18-,19+/m1/s1. The largest absolute Gasteiger partial charge is 0.508 e. The van der Waals surface area contributed by atoms with Gasteiger partial charge in [-0.2, -0.15) is 0 Å². The van der Waals surface area contributed by atoms with Crippen LogP contribution in [-0.2, 0) is 0 Å². The highest BCUT2D eigenvalue weighted by Gasteiger charge is 2.42. The molecule has 1 aromatic carbocycles. The summed E-state index contributed by atoms with van der Waals surface area (Å²) in [5.41, 5.74) is 1.66. The Labute approximate surface area is 136 Å². The number of hydrogen-bond donors (Lipinski definition) is 2. The Kier molecular flexibility index (Phi) is 3.58. The molecule has 4 heterocycles. The van der Waals surface area contributed by atoms with Crippen molar-refractivity contribution in [2.75, 3.05) is 13.1 Å². The van der Waals surface area contributed by atoms with E-state index in [9.17, 15) is 10.2 Å². The minimum Gasteiger partial charge on any atom is -0.508 e. The smallest absolute Gasteiger partial charge is 0.116 e. The number of pyridine rings is 1. The van der Waals surface area contributed by atoms with Crippen LogP contribution in [0.1, 0.15) is 24.5 Å². The topological polar surface area (TPSA) is 56.6 Å². The van der Waals surface area contributed by atoms with E-state index in [1.807, 2.05) is 6.07 Å². The molecule has 0 saturated carbocycles. The summed E-state index contributed by atoms with van der Waals surface area (Å²) in [7, 11) is 0. The number of aliphatic hydroxyl groups is 1. The van der Waals surface area contributed by atoms with Crippen LogP contribution in [0.4, 0.5) is 0 Å². The van der Waals surface area contributed by atoms with Crippen molar-refractivity contribution in [3.05, 3.63) is 48.7 Å². The van der Waals surface area contributed by atoms with Crippen LogP contribution >= 0.6 is 0 Å². The third kappa shape index (κ3) is 2.42. The molecule has 3 aliphatic heterocycles. The highest BCUT2D eigenvalue weighted by Crippen LogP contribution is 2.42. The van der Waals surface area contributed by atoms with Crippen LogP contribution in [0.25, 0.3) is 10.9 Å². The summed E-state index contributed by atoms with van der Waals surface area (Å²) in [6.45, 7) is 5.99. The van der Waals surface area contributed by atoms with Crippen molar-refractivity contribution in [1.82, 2.24) is 9.88 Å². The lowest BCUT2D eigenvalue weighted by atomic mass is 9.73. The number of rotatable bonds is 3. The molecule has 5 rings (SSSR count). The molecule has 0 amide bonds. The predicted molar refractivity (Wildman–Crippen MR) is 90.1 cm³/mol. The van der Waals surface area contributed by atoms with E-state index in [0.29, 0.717) is 11.8 Å². The van der Waals surface area contributed by atoms with E-state index >= 15 is 0 Å². The van der Waals surface area contributed by atoms with Gasteiger partial charge in [-0.1, -0.05) is 6.08 Å². The molecule has 0 aliphatic carbocycles. The van der Waals surface area contributed by atoms with Gasteiger partial charge in [0.25, 0.3) is 0 Å². The van der Waals surface area contributed by atoms with Gasteiger partial charge in [0.2, 0.25) is 0 Å². The molecule has 5 atom stereocenters. The zero-order chi connectivity index (χ0) is 16.0. The van der Waals surface area contributed by atoms with Gasteiger partial charge in [0.05, 0.1) is 11.6 Å². The molecule has 0 spiro atoms. The SMILES string of the molecule is C=C[C@@H]1CN2CCC1C[C@@H]2[C@@H](O)c1ccnc2ccc(O)cc12. The quantitative estimate of drug-likeness (QED) is 0.856. The van der Waals surface area contributed by atoms with Crippen LogP contribution in [0.15, 0.2) is 43.1 Å².